The fourth-order valence-electron chi connectivity index (χ4n) is 2.08. The van der Waals surface area contributed by atoms with Gasteiger partial charge in [0, 0.05) is 17.8 Å². The molecule has 0 fully saturated rings. The summed E-state index contributed by atoms with van der Waals surface area (Å²) in [4.78, 5) is 16.1. The molecule has 1 aromatic carbocycles. The fourth-order valence-corrected chi connectivity index (χ4v) is 2.08. The average molecular weight is 285 g/mol. The van der Waals surface area contributed by atoms with Gasteiger partial charge in [0.15, 0.2) is 0 Å². The van der Waals surface area contributed by atoms with Crippen molar-refractivity contribution >= 4 is 17.4 Å². The Labute approximate surface area is 126 Å². The van der Waals surface area contributed by atoms with Crippen LogP contribution >= 0.6 is 0 Å². The Balaban J connectivity index is 2.19. The largest absolute Gasteiger partial charge is 0.384 e. The van der Waals surface area contributed by atoms with E-state index in [1.807, 2.05) is 25.1 Å². The first-order valence-electron chi connectivity index (χ1n) is 7.21. The Hall–Kier alpha value is -2.10. The number of nitrogens with one attached hydrogen (secondary N) is 1. The first kappa shape index (κ1) is 15.3. The number of fused-ring (bicyclic) bond motifs is 1. The molecular formula is C17H23N3O. The van der Waals surface area contributed by atoms with Crippen LogP contribution < -0.4 is 11.1 Å². The van der Waals surface area contributed by atoms with E-state index in [2.05, 4.69) is 31.1 Å². The van der Waals surface area contributed by atoms with Crippen LogP contribution in [0.5, 0.6) is 0 Å². The quantitative estimate of drug-likeness (QED) is 0.648. The summed E-state index contributed by atoms with van der Waals surface area (Å²) in [5, 5.41) is 3.26. The summed E-state index contributed by atoms with van der Waals surface area (Å²) in [5.41, 5.74) is 9.79. The standard InChI is InChI=1S/C17H23N3O/c1-11(17(2,3)4)9-15(18)20-16(21)13-6-5-12-7-8-19-14(12)10-13/h5-6,9-10,19H,7-8H2,1-4H3,(H2,18,20,21)/b11-9+. The molecule has 1 aliphatic rings. The van der Waals surface area contributed by atoms with E-state index in [-0.39, 0.29) is 17.2 Å². The number of amides is 1. The van der Waals surface area contributed by atoms with Gasteiger partial charge in [0.05, 0.1) is 0 Å². The van der Waals surface area contributed by atoms with Gasteiger partial charge < -0.3 is 11.1 Å². The molecule has 0 unspecified atom stereocenters. The molecule has 1 amide bonds. The zero-order valence-corrected chi connectivity index (χ0v) is 13.2. The van der Waals surface area contributed by atoms with Gasteiger partial charge in [-0.15, -0.1) is 0 Å². The molecule has 0 bridgehead atoms. The highest BCUT2D eigenvalue weighted by Crippen LogP contribution is 2.25. The number of anilines is 1. The molecule has 2 rings (SSSR count). The molecule has 0 atom stereocenters. The minimum absolute atomic E-state index is 0.0146. The van der Waals surface area contributed by atoms with E-state index >= 15 is 0 Å². The van der Waals surface area contributed by atoms with E-state index in [1.165, 1.54) is 5.56 Å². The predicted octanol–water partition coefficient (Wildman–Crippen LogP) is 3.14. The maximum Gasteiger partial charge on any atom is 0.278 e. The lowest BCUT2D eigenvalue weighted by atomic mass is 9.87. The number of carbonyl (C=O) groups excluding carboxylic acids is 1. The normalized spacial score (nSPS) is 15.6. The molecule has 0 aliphatic carbocycles. The third-order valence-corrected chi connectivity index (χ3v) is 3.84. The smallest absolute Gasteiger partial charge is 0.278 e. The maximum atomic E-state index is 12.2. The van der Waals surface area contributed by atoms with Crippen molar-refractivity contribution in [2.75, 3.05) is 11.9 Å². The third-order valence-electron chi connectivity index (χ3n) is 3.84. The van der Waals surface area contributed by atoms with Crippen LogP contribution in [0.25, 0.3) is 0 Å². The maximum absolute atomic E-state index is 12.2. The molecule has 4 heteroatoms. The molecule has 0 saturated heterocycles. The number of nitrogens with zero attached hydrogens (tertiary/aromatic N) is 1. The summed E-state index contributed by atoms with van der Waals surface area (Å²) in [6, 6.07) is 5.64. The van der Waals surface area contributed by atoms with E-state index in [4.69, 9.17) is 5.73 Å². The number of aliphatic imine (C=N–C) groups is 1. The molecule has 1 aromatic rings. The second-order valence-electron chi connectivity index (χ2n) is 6.47. The number of carbonyl (C=O) groups is 1. The molecule has 21 heavy (non-hydrogen) atoms. The van der Waals surface area contributed by atoms with Crippen molar-refractivity contribution < 1.29 is 4.79 Å². The Morgan fingerprint density at radius 2 is 2.10 bits per heavy atom. The van der Waals surface area contributed by atoms with Crippen LogP contribution in [-0.2, 0) is 6.42 Å². The highest BCUT2D eigenvalue weighted by molar-refractivity contribution is 6.06. The lowest BCUT2D eigenvalue weighted by molar-refractivity contribution is 0.100. The van der Waals surface area contributed by atoms with Crippen LogP contribution in [0.1, 0.15) is 43.6 Å². The van der Waals surface area contributed by atoms with Crippen LogP contribution in [0.3, 0.4) is 0 Å². The van der Waals surface area contributed by atoms with E-state index in [9.17, 15) is 4.79 Å². The van der Waals surface area contributed by atoms with Crippen LogP contribution in [0, 0.1) is 5.41 Å². The van der Waals surface area contributed by atoms with Crippen molar-refractivity contribution in [1.82, 2.24) is 0 Å². The highest BCUT2D eigenvalue weighted by atomic mass is 16.1. The van der Waals surface area contributed by atoms with Gasteiger partial charge in [0.2, 0.25) is 0 Å². The summed E-state index contributed by atoms with van der Waals surface area (Å²) in [6.45, 7) is 9.21. The van der Waals surface area contributed by atoms with Crippen LogP contribution in [0.2, 0.25) is 0 Å². The molecule has 0 radical (unpaired) electrons. The van der Waals surface area contributed by atoms with Gasteiger partial charge in [-0.1, -0.05) is 32.4 Å². The van der Waals surface area contributed by atoms with Gasteiger partial charge in [-0.3, -0.25) is 4.79 Å². The molecular weight excluding hydrogens is 262 g/mol. The van der Waals surface area contributed by atoms with Crippen molar-refractivity contribution in [3.8, 4) is 0 Å². The molecule has 0 aromatic heterocycles. The lowest BCUT2D eigenvalue weighted by Crippen LogP contribution is -2.15. The topological polar surface area (TPSA) is 67.5 Å². The Kier molecular flexibility index (Phi) is 4.16. The number of hydrogen-bond donors (Lipinski definition) is 2. The van der Waals surface area contributed by atoms with Gasteiger partial charge in [0.25, 0.3) is 5.91 Å². The van der Waals surface area contributed by atoms with Gasteiger partial charge in [0.1, 0.15) is 5.84 Å². The summed E-state index contributed by atoms with van der Waals surface area (Å²) in [7, 11) is 0. The van der Waals surface area contributed by atoms with Crippen LogP contribution in [-0.4, -0.2) is 18.3 Å². The molecule has 4 nitrogen and oxygen atoms in total. The van der Waals surface area contributed by atoms with Crippen LogP contribution in [0.15, 0.2) is 34.8 Å². The molecule has 0 saturated carbocycles. The van der Waals surface area contributed by atoms with Gasteiger partial charge in [-0.2, -0.15) is 4.99 Å². The molecule has 1 heterocycles. The summed E-state index contributed by atoms with van der Waals surface area (Å²) in [6.07, 6.45) is 2.77. The average Bonchev–Trinajstić information content (AvgIpc) is 2.84. The summed E-state index contributed by atoms with van der Waals surface area (Å²) in [5.74, 6) is -0.0529. The van der Waals surface area contributed by atoms with Crippen molar-refractivity contribution in [3.05, 3.63) is 41.0 Å². The Morgan fingerprint density at radius 3 is 2.76 bits per heavy atom. The summed E-state index contributed by atoms with van der Waals surface area (Å²) < 4.78 is 0. The zero-order chi connectivity index (χ0) is 15.6. The number of nitrogens with two attached hydrogens (primary N) is 1. The van der Waals surface area contributed by atoms with Gasteiger partial charge in [-0.05, 0) is 42.5 Å². The number of hydrogen-bond acceptors (Lipinski definition) is 2. The SMILES string of the molecule is C/C(=C\C(N)=NC(=O)c1ccc2c(c1)NCC2)C(C)(C)C. The first-order chi connectivity index (χ1) is 9.77. The predicted molar refractivity (Wildman–Crippen MR) is 87.8 cm³/mol. The second-order valence-corrected chi connectivity index (χ2v) is 6.47. The van der Waals surface area contributed by atoms with Gasteiger partial charge in [-0.25, -0.2) is 0 Å². The highest BCUT2D eigenvalue weighted by Gasteiger charge is 2.15. The number of benzene rings is 1. The third kappa shape index (κ3) is 3.72. The van der Waals surface area contributed by atoms with Crippen molar-refractivity contribution in [3.63, 3.8) is 0 Å². The minimum atomic E-state index is -0.304. The lowest BCUT2D eigenvalue weighted by Gasteiger charge is -2.19. The Bertz CT molecular complexity index is 621. The van der Waals surface area contributed by atoms with Crippen molar-refractivity contribution in [2.24, 2.45) is 16.1 Å². The number of allylic oxidation sites excluding steroid dienone is 1. The Morgan fingerprint density at radius 1 is 1.38 bits per heavy atom. The number of rotatable bonds is 2. The monoisotopic (exact) mass is 285 g/mol. The van der Waals surface area contributed by atoms with Gasteiger partial charge >= 0.3 is 0 Å². The van der Waals surface area contributed by atoms with E-state index < -0.39 is 0 Å². The number of amidine groups is 1. The van der Waals surface area contributed by atoms with Crippen molar-refractivity contribution in [2.45, 2.75) is 34.1 Å². The summed E-state index contributed by atoms with van der Waals surface area (Å²) >= 11 is 0. The van der Waals surface area contributed by atoms with E-state index in [0.29, 0.717) is 5.56 Å². The second kappa shape index (κ2) is 5.72. The van der Waals surface area contributed by atoms with Crippen LogP contribution in [0.4, 0.5) is 5.69 Å². The molecule has 112 valence electrons. The minimum Gasteiger partial charge on any atom is -0.384 e. The van der Waals surface area contributed by atoms with E-state index in [0.717, 1.165) is 24.2 Å². The zero-order valence-electron chi connectivity index (χ0n) is 13.2. The van der Waals surface area contributed by atoms with Crippen molar-refractivity contribution in [1.29, 1.82) is 0 Å². The fraction of sp³-hybridized carbons (Fsp3) is 0.412. The molecule has 1 aliphatic heterocycles. The first-order valence-corrected chi connectivity index (χ1v) is 7.21. The molecule has 3 N–H and O–H groups in total. The van der Waals surface area contributed by atoms with E-state index in [1.54, 1.807) is 6.08 Å². The molecule has 0 spiro atoms.